The maximum absolute atomic E-state index is 13.5. The number of para-hydroxylation sites is 1. The number of benzene rings is 2. The van der Waals surface area contributed by atoms with Gasteiger partial charge in [-0.2, -0.15) is 0 Å². The Hall–Kier alpha value is -2.83. The molecule has 1 fully saturated rings. The Morgan fingerprint density at radius 2 is 1.91 bits per heavy atom. The largest absolute Gasteiger partial charge is 0.382 e. The van der Waals surface area contributed by atoms with Crippen molar-refractivity contribution in [2.75, 3.05) is 26.3 Å². The second kappa shape index (κ2) is 8.60. The third-order valence-electron chi connectivity index (χ3n) is 6.45. The van der Waals surface area contributed by atoms with E-state index >= 15 is 0 Å². The quantitative estimate of drug-likeness (QED) is 0.577. The number of halogens is 1. The number of aromatic nitrogens is 1. The first kappa shape index (κ1) is 21.0. The summed E-state index contributed by atoms with van der Waals surface area (Å²) in [7, 11) is 0. The minimum atomic E-state index is -0.518. The van der Waals surface area contributed by atoms with Gasteiger partial charge in [-0.15, -0.1) is 0 Å². The number of nitrogens with one attached hydrogen (secondary N) is 1. The fourth-order valence-corrected chi connectivity index (χ4v) is 5.13. The third kappa shape index (κ3) is 3.57. The van der Waals surface area contributed by atoms with E-state index in [1.54, 1.807) is 9.80 Å². The molecule has 3 heterocycles. The van der Waals surface area contributed by atoms with E-state index in [1.165, 1.54) is 0 Å². The number of H-pyrrole nitrogens is 1. The van der Waals surface area contributed by atoms with Crippen LogP contribution in [0.25, 0.3) is 10.9 Å². The number of piperazine rings is 1. The number of hydrogen-bond donors (Lipinski definition) is 1. The van der Waals surface area contributed by atoms with Crippen LogP contribution < -0.4 is 0 Å². The van der Waals surface area contributed by atoms with Crippen LogP contribution in [0, 0.1) is 0 Å². The van der Waals surface area contributed by atoms with E-state index in [9.17, 15) is 9.59 Å². The number of fused-ring (bicyclic) bond motifs is 4. The van der Waals surface area contributed by atoms with Crippen molar-refractivity contribution in [3.63, 3.8) is 0 Å². The third-order valence-corrected chi connectivity index (χ3v) is 6.70. The van der Waals surface area contributed by atoms with Crippen molar-refractivity contribution >= 4 is 34.3 Å². The summed E-state index contributed by atoms with van der Waals surface area (Å²) in [6.45, 7) is 3.81. The lowest BCUT2D eigenvalue weighted by Crippen LogP contribution is -2.63. The van der Waals surface area contributed by atoms with Crippen LogP contribution in [-0.4, -0.2) is 58.9 Å². The zero-order valence-electron chi connectivity index (χ0n) is 18.0. The van der Waals surface area contributed by atoms with Gasteiger partial charge in [0.05, 0.1) is 12.6 Å². The summed E-state index contributed by atoms with van der Waals surface area (Å²) < 4.78 is 5.41. The maximum atomic E-state index is 13.5. The van der Waals surface area contributed by atoms with E-state index in [-0.39, 0.29) is 24.4 Å². The first-order valence-corrected chi connectivity index (χ1v) is 11.5. The standard InChI is InChI=1S/C25H26ClN3O3/c1-2-32-13-5-12-28-15-22(30)29-21(25(28)31)14-19-18-6-3-4-7-20(18)27-23(19)24(29)16-8-10-17(26)11-9-16/h3-4,6-11,21,24,27H,2,5,12-15H2,1H3. The Morgan fingerprint density at radius 3 is 2.69 bits per heavy atom. The lowest BCUT2D eigenvalue weighted by Gasteiger charge is -2.47. The van der Waals surface area contributed by atoms with Gasteiger partial charge in [-0.05, 0) is 42.7 Å². The molecule has 0 aliphatic carbocycles. The summed E-state index contributed by atoms with van der Waals surface area (Å²) in [4.78, 5) is 34.0. The van der Waals surface area contributed by atoms with E-state index in [1.807, 2.05) is 49.4 Å². The molecule has 1 aromatic heterocycles. The molecule has 32 heavy (non-hydrogen) atoms. The van der Waals surface area contributed by atoms with Gasteiger partial charge in [0.25, 0.3) is 0 Å². The van der Waals surface area contributed by atoms with Crippen molar-refractivity contribution in [2.45, 2.75) is 31.8 Å². The maximum Gasteiger partial charge on any atom is 0.246 e. The highest BCUT2D eigenvalue weighted by Crippen LogP contribution is 2.42. The van der Waals surface area contributed by atoms with Gasteiger partial charge in [0.15, 0.2) is 0 Å². The minimum Gasteiger partial charge on any atom is -0.382 e. The Kier molecular flexibility index (Phi) is 5.66. The van der Waals surface area contributed by atoms with E-state index in [4.69, 9.17) is 16.3 Å². The van der Waals surface area contributed by atoms with Gasteiger partial charge in [0, 0.05) is 47.8 Å². The Morgan fingerprint density at radius 1 is 1.12 bits per heavy atom. The Labute approximate surface area is 192 Å². The molecule has 2 unspecified atom stereocenters. The first-order valence-electron chi connectivity index (χ1n) is 11.1. The van der Waals surface area contributed by atoms with Gasteiger partial charge in [-0.1, -0.05) is 41.9 Å². The van der Waals surface area contributed by atoms with Crippen molar-refractivity contribution < 1.29 is 14.3 Å². The molecule has 0 saturated carbocycles. The van der Waals surface area contributed by atoms with Crippen molar-refractivity contribution in [1.82, 2.24) is 14.8 Å². The number of aromatic amines is 1. The highest BCUT2D eigenvalue weighted by molar-refractivity contribution is 6.30. The monoisotopic (exact) mass is 451 g/mol. The number of rotatable bonds is 6. The molecule has 5 rings (SSSR count). The molecule has 2 amide bonds. The molecule has 0 bridgehead atoms. The van der Waals surface area contributed by atoms with Gasteiger partial charge in [0.2, 0.25) is 11.8 Å². The zero-order chi connectivity index (χ0) is 22.2. The molecule has 1 N–H and O–H groups in total. The predicted molar refractivity (Wildman–Crippen MR) is 124 cm³/mol. The summed E-state index contributed by atoms with van der Waals surface area (Å²) in [6, 6.07) is 14.8. The predicted octanol–water partition coefficient (Wildman–Crippen LogP) is 3.93. The van der Waals surface area contributed by atoms with Crippen LogP contribution in [0.1, 0.15) is 36.2 Å². The van der Waals surface area contributed by atoms with Crippen molar-refractivity contribution in [3.05, 3.63) is 70.4 Å². The fraction of sp³-hybridized carbons (Fsp3) is 0.360. The summed E-state index contributed by atoms with van der Waals surface area (Å²) in [5, 5.41) is 1.74. The van der Waals surface area contributed by atoms with Gasteiger partial charge in [0.1, 0.15) is 6.04 Å². The van der Waals surface area contributed by atoms with Crippen LogP contribution in [0.5, 0.6) is 0 Å². The summed E-state index contributed by atoms with van der Waals surface area (Å²) >= 11 is 6.13. The molecule has 3 aromatic rings. The zero-order valence-corrected chi connectivity index (χ0v) is 18.8. The van der Waals surface area contributed by atoms with Crippen LogP contribution in [0.4, 0.5) is 0 Å². The molecule has 6 nitrogen and oxygen atoms in total. The van der Waals surface area contributed by atoms with Crippen molar-refractivity contribution in [2.24, 2.45) is 0 Å². The number of carbonyl (C=O) groups excluding carboxylic acids is 2. The number of amides is 2. The lowest BCUT2D eigenvalue weighted by atomic mass is 9.86. The second-order valence-corrected chi connectivity index (χ2v) is 8.78. The van der Waals surface area contributed by atoms with Gasteiger partial charge < -0.3 is 19.5 Å². The summed E-state index contributed by atoms with van der Waals surface area (Å²) in [6.07, 6.45) is 1.23. The van der Waals surface area contributed by atoms with Crippen LogP contribution in [0.2, 0.25) is 5.02 Å². The molecular formula is C25H26ClN3O3. The van der Waals surface area contributed by atoms with Gasteiger partial charge >= 0.3 is 0 Å². The molecule has 2 atom stereocenters. The Bertz CT molecular complexity index is 1160. The van der Waals surface area contributed by atoms with Gasteiger partial charge in [-0.25, -0.2) is 0 Å². The number of carbonyl (C=O) groups is 2. The fourth-order valence-electron chi connectivity index (χ4n) is 5.01. The van der Waals surface area contributed by atoms with E-state index in [0.717, 1.165) is 34.1 Å². The number of nitrogens with zero attached hydrogens (tertiary/aromatic N) is 2. The lowest BCUT2D eigenvalue weighted by molar-refractivity contribution is -0.158. The molecular weight excluding hydrogens is 426 g/mol. The van der Waals surface area contributed by atoms with Crippen LogP contribution in [0.3, 0.4) is 0 Å². The molecule has 1 saturated heterocycles. The molecule has 7 heteroatoms. The second-order valence-electron chi connectivity index (χ2n) is 8.35. The van der Waals surface area contributed by atoms with Crippen LogP contribution in [0.15, 0.2) is 48.5 Å². The average molecular weight is 452 g/mol. The first-order chi connectivity index (χ1) is 15.6. The smallest absolute Gasteiger partial charge is 0.246 e. The SMILES string of the molecule is CCOCCCN1CC(=O)N2C(Cc3c([nH]c4ccccc34)C2c2ccc(Cl)cc2)C1=O. The molecule has 2 aliphatic heterocycles. The average Bonchev–Trinajstić information content (AvgIpc) is 3.17. The van der Waals surface area contributed by atoms with Gasteiger partial charge in [-0.3, -0.25) is 9.59 Å². The number of ether oxygens (including phenoxy) is 1. The van der Waals surface area contributed by atoms with E-state index < -0.39 is 6.04 Å². The van der Waals surface area contributed by atoms with Crippen LogP contribution in [-0.2, 0) is 20.7 Å². The molecule has 0 radical (unpaired) electrons. The minimum absolute atomic E-state index is 0.0102. The molecule has 166 valence electrons. The van der Waals surface area contributed by atoms with E-state index in [0.29, 0.717) is 31.2 Å². The molecule has 0 spiro atoms. The van der Waals surface area contributed by atoms with Crippen molar-refractivity contribution in [3.8, 4) is 0 Å². The Balaban J connectivity index is 1.56. The summed E-state index contributed by atoms with van der Waals surface area (Å²) in [5.74, 6) is -0.0220. The molecule has 2 aromatic carbocycles. The normalized spacial score (nSPS) is 20.6. The highest BCUT2D eigenvalue weighted by Gasteiger charge is 2.48. The topological polar surface area (TPSA) is 65.6 Å². The van der Waals surface area contributed by atoms with Crippen LogP contribution >= 0.6 is 11.6 Å². The van der Waals surface area contributed by atoms with Crippen molar-refractivity contribution in [1.29, 1.82) is 0 Å². The highest BCUT2D eigenvalue weighted by atomic mass is 35.5. The molecule has 2 aliphatic rings. The number of hydrogen-bond acceptors (Lipinski definition) is 3. The van der Waals surface area contributed by atoms with E-state index in [2.05, 4.69) is 11.1 Å². The summed E-state index contributed by atoms with van der Waals surface area (Å²) in [5.41, 5.74) is 4.05.